The van der Waals surface area contributed by atoms with Gasteiger partial charge in [0.25, 0.3) is 5.91 Å². The summed E-state index contributed by atoms with van der Waals surface area (Å²) in [6.45, 7) is 6.40. The lowest BCUT2D eigenvalue weighted by Crippen LogP contribution is -2.16. The van der Waals surface area contributed by atoms with Gasteiger partial charge in [0.15, 0.2) is 4.80 Å². The van der Waals surface area contributed by atoms with Crippen LogP contribution in [-0.2, 0) is 11.3 Å². The first-order valence-electron chi connectivity index (χ1n) is 8.72. The molecule has 1 aromatic heterocycles. The monoisotopic (exact) mass is 412 g/mol. The van der Waals surface area contributed by atoms with E-state index in [-0.39, 0.29) is 11.9 Å². The van der Waals surface area contributed by atoms with Gasteiger partial charge in [0.05, 0.1) is 28.0 Å². The van der Waals surface area contributed by atoms with Gasteiger partial charge < -0.3 is 9.30 Å². The number of nitrogens with zero attached hydrogens (tertiary/aromatic N) is 2. The van der Waals surface area contributed by atoms with Crippen molar-refractivity contribution in [2.24, 2.45) is 4.99 Å². The van der Waals surface area contributed by atoms with Crippen molar-refractivity contribution in [2.45, 2.75) is 18.4 Å². The number of carbonyl (C=O) groups is 2. The topological polar surface area (TPSA) is 60.7 Å². The number of hydrogen-bond donors (Lipinski definition) is 0. The average Bonchev–Trinajstić information content (AvgIpc) is 3.04. The molecular formula is C21H20N2O3S2. The highest BCUT2D eigenvalue weighted by molar-refractivity contribution is 7.98. The van der Waals surface area contributed by atoms with Gasteiger partial charge in [-0.15, -0.1) is 18.3 Å². The van der Waals surface area contributed by atoms with Crippen LogP contribution in [0.25, 0.3) is 10.2 Å². The molecular weight excluding hydrogens is 392 g/mol. The van der Waals surface area contributed by atoms with Crippen LogP contribution in [0.3, 0.4) is 0 Å². The van der Waals surface area contributed by atoms with Gasteiger partial charge >= 0.3 is 5.97 Å². The second-order valence-corrected chi connectivity index (χ2v) is 7.66. The molecule has 0 saturated carbocycles. The number of thioether (sulfide) groups is 1. The van der Waals surface area contributed by atoms with E-state index in [1.807, 2.05) is 35.1 Å². The highest BCUT2D eigenvalue weighted by atomic mass is 32.2. The van der Waals surface area contributed by atoms with Gasteiger partial charge in [0.2, 0.25) is 0 Å². The van der Waals surface area contributed by atoms with Crippen molar-refractivity contribution < 1.29 is 14.3 Å². The van der Waals surface area contributed by atoms with Gasteiger partial charge in [-0.2, -0.15) is 4.99 Å². The maximum atomic E-state index is 12.8. The molecule has 0 aliphatic heterocycles. The van der Waals surface area contributed by atoms with Crippen LogP contribution in [0.1, 0.15) is 27.6 Å². The molecule has 3 aromatic rings. The molecule has 5 nitrogen and oxygen atoms in total. The van der Waals surface area contributed by atoms with Crippen molar-refractivity contribution in [1.82, 2.24) is 4.57 Å². The molecule has 0 aliphatic carbocycles. The van der Waals surface area contributed by atoms with Gasteiger partial charge in [-0.3, -0.25) is 4.79 Å². The van der Waals surface area contributed by atoms with Crippen LogP contribution in [0, 0.1) is 0 Å². The zero-order valence-electron chi connectivity index (χ0n) is 15.7. The van der Waals surface area contributed by atoms with Crippen molar-refractivity contribution in [3.8, 4) is 0 Å². The van der Waals surface area contributed by atoms with Crippen LogP contribution < -0.4 is 4.80 Å². The summed E-state index contributed by atoms with van der Waals surface area (Å²) in [6.07, 6.45) is 3.69. The average molecular weight is 413 g/mol. The van der Waals surface area contributed by atoms with Crippen LogP contribution in [-0.4, -0.2) is 29.3 Å². The summed E-state index contributed by atoms with van der Waals surface area (Å²) in [5.74, 6) is -0.656. The van der Waals surface area contributed by atoms with E-state index in [9.17, 15) is 9.59 Å². The van der Waals surface area contributed by atoms with E-state index in [0.29, 0.717) is 29.1 Å². The van der Waals surface area contributed by atoms with E-state index in [4.69, 9.17) is 4.74 Å². The minimum absolute atomic E-state index is 0.292. The van der Waals surface area contributed by atoms with Crippen LogP contribution in [0.4, 0.5) is 0 Å². The Kier molecular flexibility index (Phi) is 6.49. The SMILES string of the molecule is C=CCn1c(=NC(=O)c2ccccc2SC)sc2cc(C(=O)OCC)ccc21. The lowest BCUT2D eigenvalue weighted by atomic mass is 10.2. The number of benzene rings is 2. The first-order chi connectivity index (χ1) is 13.6. The summed E-state index contributed by atoms with van der Waals surface area (Å²) in [5.41, 5.74) is 1.94. The predicted molar refractivity (Wildman–Crippen MR) is 114 cm³/mol. The summed E-state index contributed by atoms with van der Waals surface area (Å²) in [7, 11) is 0. The van der Waals surface area contributed by atoms with E-state index < -0.39 is 0 Å². The van der Waals surface area contributed by atoms with E-state index in [1.54, 1.807) is 31.2 Å². The Morgan fingerprint density at radius 2 is 2.07 bits per heavy atom. The van der Waals surface area contributed by atoms with Gasteiger partial charge in [0, 0.05) is 11.4 Å². The highest BCUT2D eigenvalue weighted by Gasteiger charge is 2.14. The van der Waals surface area contributed by atoms with Gasteiger partial charge in [-0.1, -0.05) is 29.5 Å². The molecule has 0 saturated heterocycles. The number of ether oxygens (including phenoxy) is 1. The Morgan fingerprint density at radius 1 is 1.29 bits per heavy atom. The highest BCUT2D eigenvalue weighted by Crippen LogP contribution is 2.22. The van der Waals surface area contributed by atoms with Crippen LogP contribution in [0.2, 0.25) is 0 Å². The molecule has 0 aliphatic rings. The Labute approximate surface area is 171 Å². The van der Waals surface area contributed by atoms with Crippen molar-refractivity contribution in [3.05, 3.63) is 71.0 Å². The van der Waals surface area contributed by atoms with Crippen molar-refractivity contribution >= 4 is 45.2 Å². The van der Waals surface area contributed by atoms with Gasteiger partial charge in [-0.05, 0) is 43.5 Å². The fraction of sp³-hybridized carbons (Fsp3) is 0.190. The van der Waals surface area contributed by atoms with Gasteiger partial charge in [-0.25, -0.2) is 4.79 Å². The molecule has 0 unspecified atom stereocenters. The number of amides is 1. The van der Waals surface area contributed by atoms with Gasteiger partial charge in [0.1, 0.15) is 0 Å². The minimum Gasteiger partial charge on any atom is -0.462 e. The zero-order chi connectivity index (χ0) is 20.1. The molecule has 0 fully saturated rings. The van der Waals surface area contributed by atoms with E-state index in [0.717, 1.165) is 15.1 Å². The van der Waals surface area contributed by atoms with Crippen molar-refractivity contribution in [2.75, 3.05) is 12.9 Å². The third-order valence-corrected chi connectivity index (χ3v) is 5.88. The predicted octanol–water partition coefficient (Wildman–Crippen LogP) is 4.53. The normalized spacial score (nSPS) is 11.6. The van der Waals surface area contributed by atoms with Crippen molar-refractivity contribution in [3.63, 3.8) is 0 Å². The molecule has 0 N–H and O–H groups in total. The number of hydrogen-bond acceptors (Lipinski definition) is 5. The maximum absolute atomic E-state index is 12.8. The number of rotatable bonds is 6. The Bertz CT molecular complexity index is 1110. The third kappa shape index (κ3) is 4.10. The largest absolute Gasteiger partial charge is 0.462 e. The lowest BCUT2D eigenvalue weighted by Gasteiger charge is -2.04. The standard InChI is InChI=1S/C21H20N2O3S2/c1-4-12-23-16-11-10-14(20(25)26-5-2)13-18(16)28-21(23)22-19(24)15-8-6-7-9-17(15)27-3/h4,6-11,13H,1,5,12H2,2-3H3. The fourth-order valence-electron chi connectivity index (χ4n) is 2.77. The van der Waals surface area contributed by atoms with E-state index >= 15 is 0 Å². The number of fused-ring (bicyclic) bond motifs is 1. The second kappa shape index (κ2) is 9.03. The van der Waals surface area contributed by atoms with E-state index in [1.165, 1.54) is 23.1 Å². The number of allylic oxidation sites excluding steroid dienone is 1. The molecule has 0 atom stereocenters. The molecule has 1 amide bonds. The van der Waals surface area contributed by atoms with Crippen molar-refractivity contribution in [1.29, 1.82) is 0 Å². The van der Waals surface area contributed by atoms with Crippen LogP contribution in [0.15, 0.2) is 65.0 Å². The quantitative estimate of drug-likeness (QED) is 0.339. The molecule has 2 aromatic carbocycles. The van der Waals surface area contributed by atoms with E-state index in [2.05, 4.69) is 11.6 Å². The maximum Gasteiger partial charge on any atom is 0.338 e. The minimum atomic E-state index is -0.364. The number of carbonyl (C=O) groups excluding carboxylic acids is 2. The van der Waals surface area contributed by atoms with Crippen LogP contribution >= 0.6 is 23.1 Å². The second-order valence-electron chi connectivity index (χ2n) is 5.80. The Balaban J connectivity index is 2.12. The zero-order valence-corrected chi connectivity index (χ0v) is 17.3. The molecule has 28 heavy (non-hydrogen) atoms. The Hall–Kier alpha value is -2.64. The molecule has 0 spiro atoms. The molecule has 0 bridgehead atoms. The first kappa shape index (κ1) is 20.1. The first-order valence-corrected chi connectivity index (χ1v) is 10.8. The summed E-state index contributed by atoms with van der Waals surface area (Å²) >= 11 is 2.87. The number of esters is 1. The summed E-state index contributed by atoms with van der Waals surface area (Å²) in [4.78, 5) is 30.6. The number of thiazole rings is 1. The molecule has 144 valence electrons. The smallest absolute Gasteiger partial charge is 0.338 e. The molecule has 3 rings (SSSR count). The lowest BCUT2D eigenvalue weighted by molar-refractivity contribution is 0.0526. The third-order valence-electron chi connectivity index (χ3n) is 4.04. The number of aromatic nitrogens is 1. The molecule has 7 heteroatoms. The summed E-state index contributed by atoms with van der Waals surface area (Å²) < 4.78 is 7.85. The Morgan fingerprint density at radius 3 is 2.79 bits per heavy atom. The molecule has 1 heterocycles. The fourth-order valence-corrected chi connectivity index (χ4v) is 4.44. The van der Waals surface area contributed by atoms with Crippen LogP contribution in [0.5, 0.6) is 0 Å². The summed E-state index contributed by atoms with van der Waals surface area (Å²) in [6, 6.07) is 12.8. The summed E-state index contributed by atoms with van der Waals surface area (Å²) in [5, 5.41) is 0. The molecule has 0 radical (unpaired) electrons.